The highest BCUT2D eigenvalue weighted by Gasteiger charge is 2.14. The zero-order valence-electron chi connectivity index (χ0n) is 9.81. The summed E-state index contributed by atoms with van der Waals surface area (Å²) < 4.78 is 5.11. The van der Waals surface area contributed by atoms with Crippen molar-refractivity contribution in [1.29, 1.82) is 0 Å². The van der Waals surface area contributed by atoms with Gasteiger partial charge in [-0.1, -0.05) is 6.92 Å². The Morgan fingerprint density at radius 3 is 2.82 bits per heavy atom. The number of aliphatic carboxylic acids is 1. The summed E-state index contributed by atoms with van der Waals surface area (Å²) in [6, 6.07) is 3.28. The predicted octanol–water partition coefficient (Wildman–Crippen LogP) is 1.58. The van der Waals surface area contributed by atoms with Gasteiger partial charge in [0, 0.05) is 18.9 Å². The Kier molecular flexibility index (Phi) is 5.26. The van der Waals surface area contributed by atoms with E-state index in [0.717, 1.165) is 5.76 Å². The average Bonchev–Trinajstić information content (AvgIpc) is 2.77. The molecule has 0 radical (unpaired) electrons. The molecule has 5 nitrogen and oxygen atoms in total. The van der Waals surface area contributed by atoms with Crippen molar-refractivity contribution in [3.63, 3.8) is 0 Å². The molecule has 0 aliphatic rings. The zero-order valence-corrected chi connectivity index (χ0v) is 9.81. The van der Waals surface area contributed by atoms with E-state index in [1.165, 1.54) is 0 Å². The second-order valence-electron chi connectivity index (χ2n) is 3.85. The summed E-state index contributed by atoms with van der Waals surface area (Å²) in [5.74, 6) is -0.288. The maximum atomic E-state index is 11.5. The number of nitrogens with one attached hydrogen (secondary N) is 1. The highest BCUT2D eigenvalue weighted by molar-refractivity contribution is 5.77. The fraction of sp³-hybridized carbons (Fsp3) is 0.500. The summed E-state index contributed by atoms with van der Waals surface area (Å²) in [5, 5.41) is 11.3. The number of carbonyl (C=O) groups is 2. The van der Waals surface area contributed by atoms with Gasteiger partial charge in [-0.05, 0) is 18.6 Å². The summed E-state index contributed by atoms with van der Waals surface area (Å²) in [6.07, 6.45) is 2.97. The van der Waals surface area contributed by atoms with Crippen molar-refractivity contribution in [2.24, 2.45) is 0 Å². The van der Waals surface area contributed by atoms with Crippen LogP contribution >= 0.6 is 0 Å². The van der Waals surface area contributed by atoms with E-state index < -0.39 is 5.97 Å². The lowest BCUT2D eigenvalue weighted by Gasteiger charge is -2.14. The first kappa shape index (κ1) is 13.3. The normalized spacial score (nSPS) is 12.1. The lowest BCUT2D eigenvalue weighted by molar-refractivity contribution is -0.137. The van der Waals surface area contributed by atoms with Crippen LogP contribution in [-0.2, 0) is 16.0 Å². The van der Waals surface area contributed by atoms with Crippen LogP contribution in [0.3, 0.4) is 0 Å². The molecule has 0 aromatic carbocycles. The number of hydrogen-bond donors (Lipinski definition) is 2. The smallest absolute Gasteiger partial charge is 0.305 e. The Labute approximate surface area is 99.8 Å². The van der Waals surface area contributed by atoms with Gasteiger partial charge in [-0.15, -0.1) is 0 Å². The van der Waals surface area contributed by atoms with Gasteiger partial charge in [0.2, 0.25) is 5.91 Å². The largest absolute Gasteiger partial charge is 0.481 e. The van der Waals surface area contributed by atoms with Crippen molar-refractivity contribution in [2.75, 3.05) is 0 Å². The van der Waals surface area contributed by atoms with Crippen molar-refractivity contribution in [3.05, 3.63) is 24.2 Å². The number of carboxylic acid groups (broad SMARTS) is 1. The Balaban J connectivity index is 2.30. The van der Waals surface area contributed by atoms with Crippen LogP contribution in [0.5, 0.6) is 0 Å². The molecule has 1 amide bonds. The molecule has 17 heavy (non-hydrogen) atoms. The molecular formula is C12H17NO4. The van der Waals surface area contributed by atoms with Gasteiger partial charge in [-0.3, -0.25) is 9.59 Å². The quantitative estimate of drug-likeness (QED) is 0.757. The van der Waals surface area contributed by atoms with Crippen molar-refractivity contribution in [2.45, 2.75) is 38.6 Å². The van der Waals surface area contributed by atoms with E-state index in [2.05, 4.69) is 5.32 Å². The molecule has 0 bridgehead atoms. The van der Waals surface area contributed by atoms with Gasteiger partial charge in [0.05, 0.1) is 12.7 Å². The fourth-order valence-electron chi connectivity index (χ4n) is 1.50. The van der Waals surface area contributed by atoms with Crippen LogP contribution in [-0.4, -0.2) is 23.0 Å². The van der Waals surface area contributed by atoms with Gasteiger partial charge in [0.25, 0.3) is 0 Å². The van der Waals surface area contributed by atoms with E-state index >= 15 is 0 Å². The molecule has 1 heterocycles. The zero-order chi connectivity index (χ0) is 12.7. The maximum absolute atomic E-state index is 11.5. The maximum Gasteiger partial charge on any atom is 0.305 e. The van der Waals surface area contributed by atoms with Crippen LogP contribution in [0, 0.1) is 0 Å². The Hall–Kier alpha value is -1.78. The summed E-state index contributed by atoms with van der Waals surface area (Å²) in [4.78, 5) is 22.1. The van der Waals surface area contributed by atoms with Gasteiger partial charge in [-0.2, -0.15) is 0 Å². The first-order valence-corrected chi connectivity index (χ1v) is 5.65. The monoisotopic (exact) mass is 239 g/mol. The SMILES string of the molecule is CCC(CC(=O)O)NC(=O)CCc1ccco1. The van der Waals surface area contributed by atoms with Crippen LogP contribution in [0.1, 0.15) is 31.9 Å². The van der Waals surface area contributed by atoms with Crippen LogP contribution < -0.4 is 5.32 Å². The third-order valence-corrected chi connectivity index (χ3v) is 2.46. The summed E-state index contributed by atoms with van der Waals surface area (Å²) in [7, 11) is 0. The number of carboxylic acids is 1. The van der Waals surface area contributed by atoms with E-state index in [9.17, 15) is 9.59 Å². The lowest BCUT2D eigenvalue weighted by atomic mass is 10.1. The first-order chi connectivity index (χ1) is 8.11. The number of carbonyl (C=O) groups excluding carboxylic acids is 1. The van der Waals surface area contributed by atoms with E-state index in [4.69, 9.17) is 9.52 Å². The van der Waals surface area contributed by atoms with Gasteiger partial charge in [0.15, 0.2) is 0 Å². The molecular weight excluding hydrogens is 222 g/mol. The molecule has 0 aliphatic carbocycles. The Bertz CT molecular complexity index is 359. The number of rotatable bonds is 7. The predicted molar refractivity (Wildman–Crippen MR) is 61.5 cm³/mol. The second kappa shape index (κ2) is 6.73. The Morgan fingerprint density at radius 1 is 1.53 bits per heavy atom. The molecule has 1 aromatic rings. The van der Waals surface area contributed by atoms with Crippen LogP contribution in [0.2, 0.25) is 0 Å². The fourth-order valence-corrected chi connectivity index (χ4v) is 1.50. The number of aryl methyl sites for hydroxylation is 1. The summed E-state index contributed by atoms with van der Waals surface area (Å²) in [5.41, 5.74) is 0. The minimum atomic E-state index is -0.900. The van der Waals surface area contributed by atoms with E-state index in [0.29, 0.717) is 19.3 Å². The molecule has 0 saturated carbocycles. The molecule has 5 heteroatoms. The molecule has 0 aliphatic heterocycles. The Morgan fingerprint density at radius 2 is 2.29 bits per heavy atom. The van der Waals surface area contributed by atoms with Crippen molar-refractivity contribution >= 4 is 11.9 Å². The molecule has 0 spiro atoms. The molecule has 2 N–H and O–H groups in total. The molecule has 0 saturated heterocycles. The molecule has 1 rings (SSSR count). The van der Waals surface area contributed by atoms with Crippen molar-refractivity contribution in [1.82, 2.24) is 5.32 Å². The van der Waals surface area contributed by atoms with Gasteiger partial charge in [-0.25, -0.2) is 0 Å². The first-order valence-electron chi connectivity index (χ1n) is 5.65. The van der Waals surface area contributed by atoms with E-state index in [1.54, 1.807) is 12.3 Å². The lowest BCUT2D eigenvalue weighted by Crippen LogP contribution is -2.36. The standard InChI is InChI=1S/C12H17NO4/c1-2-9(8-12(15)16)13-11(14)6-5-10-4-3-7-17-10/h3-4,7,9H,2,5-6,8H2,1H3,(H,13,14)(H,15,16). The van der Waals surface area contributed by atoms with Gasteiger partial charge >= 0.3 is 5.97 Å². The molecule has 94 valence electrons. The van der Waals surface area contributed by atoms with Crippen LogP contribution in [0.15, 0.2) is 22.8 Å². The molecule has 1 aromatic heterocycles. The summed E-state index contributed by atoms with van der Waals surface area (Å²) in [6.45, 7) is 1.85. The highest BCUT2D eigenvalue weighted by atomic mass is 16.4. The number of furan rings is 1. The topological polar surface area (TPSA) is 79.5 Å². The average molecular weight is 239 g/mol. The third-order valence-electron chi connectivity index (χ3n) is 2.46. The second-order valence-corrected chi connectivity index (χ2v) is 3.85. The minimum absolute atomic E-state index is 0.0387. The van der Waals surface area contributed by atoms with Crippen LogP contribution in [0.4, 0.5) is 0 Å². The molecule has 1 unspecified atom stereocenters. The van der Waals surface area contributed by atoms with E-state index in [1.807, 2.05) is 13.0 Å². The minimum Gasteiger partial charge on any atom is -0.481 e. The third kappa shape index (κ3) is 5.19. The number of amides is 1. The highest BCUT2D eigenvalue weighted by Crippen LogP contribution is 2.04. The van der Waals surface area contributed by atoms with E-state index in [-0.39, 0.29) is 18.4 Å². The van der Waals surface area contributed by atoms with Gasteiger partial charge < -0.3 is 14.8 Å². The van der Waals surface area contributed by atoms with Crippen LogP contribution in [0.25, 0.3) is 0 Å². The van der Waals surface area contributed by atoms with Crippen molar-refractivity contribution < 1.29 is 19.1 Å². The molecule has 1 atom stereocenters. The molecule has 0 fully saturated rings. The summed E-state index contributed by atoms with van der Waals surface area (Å²) >= 11 is 0. The number of hydrogen-bond acceptors (Lipinski definition) is 3. The van der Waals surface area contributed by atoms with Gasteiger partial charge in [0.1, 0.15) is 5.76 Å². The van der Waals surface area contributed by atoms with Crippen molar-refractivity contribution in [3.8, 4) is 0 Å².